The van der Waals surface area contributed by atoms with Gasteiger partial charge in [0.25, 0.3) is 0 Å². The van der Waals surface area contributed by atoms with Crippen LogP contribution in [-0.4, -0.2) is 26.0 Å². The highest BCUT2D eigenvalue weighted by atomic mass is 32.1. The highest BCUT2D eigenvalue weighted by molar-refractivity contribution is 7.14. The van der Waals surface area contributed by atoms with Crippen molar-refractivity contribution in [2.75, 3.05) is 6.61 Å². The molecule has 0 bridgehead atoms. The van der Waals surface area contributed by atoms with E-state index in [4.69, 9.17) is 9.53 Å². The fraction of sp³-hybridized carbons (Fsp3) is 0.688. The van der Waals surface area contributed by atoms with Gasteiger partial charge in [0.1, 0.15) is 4.88 Å². The molecule has 0 saturated carbocycles. The maximum atomic E-state index is 11.1. The minimum Gasteiger partial charge on any atom is -0.477 e. The molecule has 1 unspecified atom stereocenters. The number of hydrogen-bond donors (Lipinski definition) is 1. The van der Waals surface area contributed by atoms with E-state index >= 15 is 0 Å². The number of fused-ring (bicyclic) bond motifs is 1. The number of aryl methyl sites for hydroxylation is 1. The molecule has 0 saturated heterocycles. The molecule has 0 spiro atoms. The molecule has 1 aliphatic rings. The summed E-state index contributed by atoms with van der Waals surface area (Å²) in [6, 6.07) is 1.85. The molecule has 1 N–H and O–H groups in total. The van der Waals surface area contributed by atoms with E-state index in [0.29, 0.717) is 10.8 Å². The number of thiophene rings is 1. The second kappa shape index (κ2) is 5.86. The van der Waals surface area contributed by atoms with E-state index in [9.17, 15) is 4.79 Å². The number of rotatable bonds is 4. The van der Waals surface area contributed by atoms with Crippen molar-refractivity contribution in [3.8, 4) is 0 Å². The highest BCUT2D eigenvalue weighted by Gasteiger charge is 2.37. The Kier molecular flexibility index (Phi) is 4.66. The molecular weight excluding hydrogens is 300 g/mol. The first-order valence-electron chi connectivity index (χ1n) is 7.59. The molecule has 1 atom stereocenters. The Bertz CT molecular complexity index is 528. The molecule has 118 valence electrons. The Balaban J connectivity index is 1.97. The Morgan fingerprint density at radius 3 is 2.71 bits per heavy atom. The van der Waals surface area contributed by atoms with Gasteiger partial charge in [0.05, 0.1) is 0 Å². The van der Waals surface area contributed by atoms with Crippen LogP contribution in [0.1, 0.15) is 47.3 Å². The lowest BCUT2D eigenvalue weighted by atomic mass is 9.89. The predicted octanol–water partition coefficient (Wildman–Crippen LogP) is 4.57. The van der Waals surface area contributed by atoms with Crippen LogP contribution in [0.2, 0.25) is 18.1 Å². The van der Waals surface area contributed by atoms with Gasteiger partial charge in [-0.25, -0.2) is 4.79 Å². The maximum absolute atomic E-state index is 11.1. The summed E-state index contributed by atoms with van der Waals surface area (Å²) in [4.78, 5) is 12.8. The summed E-state index contributed by atoms with van der Waals surface area (Å²) in [5.74, 6) is -0.268. The molecular formula is C16H26O3SSi. The normalized spacial score (nSPS) is 19.4. The monoisotopic (exact) mass is 326 g/mol. The first kappa shape index (κ1) is 16.7. The van der Waals surface area contributed by atoms with Crippen molar-refractivity contribution < 1.29 is 14.3 Å². The predicted molar refractivity (Wildman–Crippen MR) is 89.9 cm³/mol. The zero-order chi connectivity index (χ0) is 15.8. The van der Waals surface area contributed by atoms with Crippen molar-refractivity contribution >= 4 is 25.6 Å². The van der Waals surface area contributed by atoms with Crippen LogP contribution in [0, 0.1) is 5.92 Å². The van der Waals surface area contributed by atoms with Crippen LogP contribution in [0.5, 0.6) is 0 Å². The molecule has 2 rings (SSSR count). The number of carboxylic acids is 1. The molecule has 3 nitrogen and oxygen atoms in total. The topological polar surface area (TPSA) is 46.5 Å². The van der Waals surface area contributed by atoms with Gasteiger partial charge >= 0.3 is 5.97 Å². The van der Waals surface area contributed by atoms with Crippen LogP contribution in [0.25, 0.3) is 0 Å². The van der Waals surface area contributed by atoms with Crippen LogP contribution in [-0.2, 0) is 17.3 Å². The molecule has 0 amide bonds. The van der Waals surface area contributed by atoms with Gasteiger partial charge in [0.2, 0.25) is 0 Å². The third-order valence-corrected chi connectivity index (χ3v) is 10.6. The number of aromatic carboxylic acids is 1. The molecule has 5 heteroatoms. The molecule has 1 heterocycles. The van der Waals surface area contributed by atoms with E-state index in [1.807, 2.05) is 6.07 Å². The lowest BCUT2D eigenvalue weighted by Crippen LogP contribution is -2.42. The molecule has 0 fully saturated rings. The van der Waals surface area contributed by atoms with E-state index in [2.05, 4.69) is 33.9 Å². The molecule has 21 heavy (non-hydrogen) atoms. The molecule has 1 aliphatic carbocycles. The van der Waals surface area contributed by atoms with Gasteiger partial charge in [-0.15, -0.1) is 11.3 Å². The van der Waals surface area contributed by atoms with Crippen LogP contribution >= 0.6 is 11.3 Å². The molecule has 0 aromatic carbocycles. The highest BCUT2D eigenvalue weighted by Crippen LogP contribution is 2.38. The Morgan fingerprint density at radius 2 is 2.14 bits per heavy atom. The van der Waals surface area contributed by atoms with Crippen molar-refractivity contribution in [1.82, 2.24) is 0 Å². The van der Waals surface area contributed by atoms with E-state index in [1.165, 1.54) is 21.8 Å². The summed E-state index contributed by atoms with van der Waals surface area (Å²) < 4.78 is 6.33. The van der Waals surface area contributed by atoms with Crippen molar-refractivity contribution in [2.24, 2.45) is 5.92 Å². The summed E-state index contributed by atoms with van der Waals surface area (Å²) in [5, 5.41) is 9.33. The minimum atomic E-state index is -1.68. The van der Waals surface area contributed by atoms with Gasteiger partial charge in [-0.3, -0.25) is 0 Å². The Morgan fingerprint density at radius 1 is 1.48 bits per heavy atom. The van der Waals surface area contributed by atoms with Gasteiger partial charge in [0.15, 0.2) is 8.32 Å². The lowest BCUT2D eigenvalue weighted by molar-refractivity contribution is 0.0702. The largest absolute Gasteiger partial charge is 0.477 e. The number of carbonyl (C=O) groups is 1. The van der Waals surface area contributed by atoms with Crippen molar-refractivity contribution in [3.63, 3.8) is 0 Å². The van der Waals surface area contributed by atoms with E-state index in [-0.39, 0.29) is 5.04 Å². The molecule has 0 aliphatic heterocycles. The summed E-state index contributed by atoms with van der Waals surface area (Å²) >= 11 is 1.44. The molecule has 1 aromatic rings. The first-order valence-corrected chi connectivity index (χ1v) is 11.3. The van der Waals surface area contributed by atoms with Gasteiger partial charge in [-0.05, 0) is 54.9 Å². The van der Waals surface area contributed by atoms with Crippen molar-refractivity contribution in [2.45, 2.75) is 58.2 Å². The second-order valence-electron chi connectivity index (χ2n) is 7.54. The fourth-order valence-electron chi connectivity index (χ4n) is 2.37. The van der Waals surface area contributed by atoms with Crippen LogP contribution < -0.4 is 0 Å². The minimum absolute atomic E-state index is 0.242. The molecule has 1 aromatic heterocycles. The van der Waals surface area contributed by atoms with E-state index in [1.54, 1.807) is 0 Å². The second-order valence-corrected chi connectivity index (χ2v) is 13.5. The standard InChI is InChI=1S/C16H26O3SSi/c1-16(2,3)21(4,5)19-10-11-6-7-12-9-14(15(17)18)20-13(12)8-11/h9,11H,6-8,10H2,1-5H3,(H,17,18). The van der Waals surface area contributed by atoms with Gasteiger partial charge in [0, 0.05) is 11.5 Å². The zero-order valence-corrected chi connectivity index (χ0v) is 15.5. The number of carboxylic acid groups (broad SMARTS) is 1. The average Bonchev–Trinajstić information content (AvgIpc) is 2.78. The summed E-state index contributed by atoms with van der Waals surface area (Å²) in [7, 11) is -1.68. The first-order chi connectivity index (χ1) is 9.60. The van der Waals surface area contributed by atoms with Crippen LogP contribution in [0.4, 0.5) is 0 Å². The van der Waals surface area contributed by atoms with Gasteiger partial charge in [-0.1, -0.05) is 20.8 Å². The van der Waals surface area contributed by atoms with Crippen LogP contribution in [0.3, 0.4) is 0 Å². The molecule has 0 radical (unpaired) electrons. The van der Waals surface area contributed by atoms with Crippen LogP contribution in [0.15, 0.2) is 6.07 Å². The summed E-state index contributed by atoms with van der Waals surface area (Å²) in [6.45, 7) is 12.2. The average molecular weight is 327 g/mol. The van der Waals surface area contributed by atoms with E-state index < -0.39 is 14.3 Å². The Hall–Kier alpha value is -0.653. The third-order valence-electron chi connectivity index (χ3n) is 4.89. The summed E-state index contributed by atoms with van der Waals surface area (Å²) in [6.07, 6.45) is 3.07. The zero-order valence-electron chi connectivity index (χ0n) is 13.7. The smallest absolute Gasteiger partial charge is 0.345 e. The quantitative estimate of drug-likeness (QED) is 0.824. The summed E-state index contributed by atoms with van der Waals surface area (Å²) in [5.41, 5.74) is 1.24. The SMILES string of the molecule is CC(C)(C)[Si](C)(C)OCC1CCc2cc(C(=O)O)sc2C1. The lowest BCUT2D eigenvalue weighted by Gasteiger charge is -2.37. The third kappa shape index (κ3) is 3.76. The van der Waals surface area contributed by atoms with Crippen molar-refractivity contribution in [3.05, 3.63) is 21.4 Å². The van der Waals surface area contributed by atoms with Gasteiger partial charge < -0.3 is 9.53 Å². The maximum Gasteiger partial charge on any atom is 0.345 e. The fourth-order valence-corrected chi connectivity index (χ4v) is 4.62. The Labute approximate surface area is 132 Å². The van der Waals surface area contributed by atoms with Gasteiger partial charge in [-0.2, -0.15) is 0 Å². The van der Waals surface area contributed by atoms with Crippen molar-refractivity contribution in [1.29, 1.82) is 0 Å². The van der Waals surface area contributed by atoms with E-state index in [0.717, 1.165) is 25.9 Å². The number of hydrogen-bond acceptors (Lipinski definition) is 3.